The Morgan fingerprint density at radius 2 is 1.94 bits per heavy atom. The molecule has 3 nitrogen and oxygen atoms in total. The van der Waals surface area contributed by atoms with Gasteiger partial charge in [-0.2, -0.15) is 0 Å². The molecule has 2 rings (SSSR count). The lowest BCUT2D eigenvalue weighted by Crippen LogP contribution is -2.30. The molecule has 1 saturated carbocycles. The van der Waals surface area contributed by atoms with E-state index in [1.807, 2.05) is 36.2 Å². The van der Waals surface area contributed by atoms with Gasteiger partial charge in [-0.1, -0.05) is 12.1 Å². The Bertz CT molecular complexity index is 360. The number of halogens is 1. The molecule has 1 aromatic rings. The number of benzene rings is 1. The fraction of sp³-hybridized carbons (Fsp3) is 0.417. The molecule has 1 aromatic carbocycles. The third-order valence-corrected chi connectivity index (χ3v) is 2.82. The molecular formula is C12H17ClN2O. The first-order chi connectivity index (χ1) is 7.16. The highest BCUT2D eigenvalue weighted by Crippen LogP contribution is 2.25. The van der Waals surface area contributed by atoms with Crippen LogP contribution >= 0.6 is 12.4 Å². The molecule has 0 bridgehead atoms. The number of carbonyl (C=O) groups excluding carboxylic acids is 1. The van der Waals surface area contributed by atoms with Crippen molar-refractivity contribution in [3.05, 3.63) is 29.8 Å². The summed E-state index contributed by atoms with van der Waals surface area (Å²) in [7, 11) is 1.89. The van der Waals surface area contributed by atoms with Gasteiger partial charge in [0.2, 0.25) is 5.91 Å². The van der Waals surface area contributed by atoms with Gasteiger partial charge in [0.1, 0.15) is 0 Å². The fourth-order valence-electron chi connectivity index (χ4n) is 1.60. The largest absolute Gasteiger partial charge is 0.399 e. The molecule has 0 saturated heterocycles. The molecule has 1 fully saturated rings. The number of likely N-dealkylation sites (N-methyl/N-ethyl adjacent to an activating group) is 1. The van der Waals surface area contributed by atoms with Gasteiger partial charge in [0.25, 0.3) is 0 Å². The van der Waals surface area contributed by atoms with E-state index in [1.165, 1.54) is 0 Å². The van der Waals surface area contributed by atoms with Gasteiger partial charge in [-0.05, 0) is 30.5 Å². The SMILES string of the molecule is CN(C(=O)Cc1ccc(N)cc1)C1CC1.Cl. The summed E-state index contributed by atoms with van der Waals surface area (Å²) >= 11 is 0. The summed E-state index contributed by atoms with van der Waals surface area (Å²) in [4.78, 5) is 13.6. The van der Waals surface area contributed by atoms with Crippen molar-refractivity contribution in [2.45, 2.75) is 25.3 Å². The lowest BCUT2D eigenvalue weighted by Gasteiger charge is -2.16. The molecule has 1 aliphatic rings. The summed E-state index contributed by atoms with van der Waals surface area (Å²) in [5, 5.41) is 0. The van der Waals surface area contributed by atoms with Crippen LogP contribution in [0.4, 0.5) is 5.69 Å². The van der Waals surface area contributed by atoms with E-state index in [4.69, 9.17) is 5.73 Å². The van der Waals surface area contributed by atoms with Crippen molar-refractivity contribution in [3.8, 4) is 0 Å². The number of hydrogen-bond donors (Lipinski definition) is 1. The Kier molecular flexibility index (Phi) is 4.19. The molecule has 0 heterocycles. The molecule has 4 heteroatoms. The Morgan fingerprint density at radius 3 is 2.44 bits per heavy atom. The highest BCUT2D eigenvalue weighted by atomic mass is 35.5. The van der Waals surface area contributed by atoms with Crippen LogP contribution in [0.15, 0.2) is 24.3 Å². The number of nitrogens with two attached hydrogens (primary N) is 1. The van der Waals surface area contributed by atoms with Gasteiger partial charge in [0.15, 0.2) is 0 Å². The van der Waals surface area contributed by atoms with Gasteiger partial charge in [-0.15, -0.1) is 12.4 Å². The lowest BCUT2D eigenvalue weighted by atomic mass is 10.1. The third kappa shape index (κ3) is 3.14. The van der Waals surface area contributed by atoms with Crippen LogP contribution in [0.3, 0.4) is 0 Å². The molecule has 1 amide bonds. The molecule has 16 heavy (non-hydrogen) atoms. The van der Waals surface area contributed by atoms with Gasteiger partial charge in [-0.25, -0.2) is 0 Å². The second-order valence-corrected chi connectivity index (χ2v) is 4.15. The van der Waals surface area contributed by atoms with Crippen LogP contribution in [-0.2, 0) is 11.2 Å². The lowest BCUT2D eigenvalue weighted by molar-refractivity contribution is -0.129. The fourth-order valence-corrected chi connectivity index (χ4v) is 1.60. The van der Waals surface area contributed by atoms with Gasteiger partial charge in [-0.3, -0.25) is 4.79 Å². The average molecular weight is 241 g/mol. The number of carbonyl (C=O) groups is 1. The minimum atomic E-state index is 0. The standard InChI is InChI=1S/C12H16N2O.ClH/c1-14(11-6-7-11)12(15)8-9-2-4-10(13)5-3-9;/h2-5,11H,6-8,13H2,1H3;1H. The zero-order chi connectivity index (χ0) is 10.8. The van der Waals surface area contributed by atoms with Crippen molar-refractivity contribution in [3.63, 3.8) is 0 Å². The maximum Gasteiger partial charge on any atom is 0.226 e. The normalized spacial score (nSPS) is 14.1. The molecule has 0 radical (unpaired) electrons. The van der Waals surface area contributed by atoms with Crippen molar-refractivity contribution >= 4 is 24.0 Å². The van der Waals surface area contributed by atoms with E-state index in [9.17, 15) is 4.79 Å². The minimum Gasteiger partial charge on any atom is -0.399 e. The van der Waals surface area contributed by atoms with E-state index in [0.717, 1.165) is 24.1 Å². The van der Waals surface area contributed by atoms with E-state index in [0.29, 0.717) is 12.5 Å². The van der Waals surface area contributed by atoms with E-state index < -0.39 is 0 Å². The molecule has 0 spiro atoms. The Labute approximate surface area is 102 Å². The van der Waals surface area contributed by atoms with Crippen molar-refractivity contribution in [2.75, 3.05) is 12.8 Å². The van der Waals surface area contributed by atoms with Crippen molar-refractivity contribution in [1.29, 1.82) is 0 Å². The van der Waals surface area contributed by atoms with Gasteiger partial charge in [0, 0.05) is 18.8 Å². The van der Waals surface area contributed by atoms with E-state index >= 15 is 0 Å². The summed E-state index contributed by atoms with van der Waals surface area (Å²) in [5.41, 5.74) is 7.35. The molecule has 2 N–H and O–H groups in total. The van der Waals surface area contributed by atoms with Crippen LogP contribution in [0.1, 0.15) is 18.4 Å². The number of hydrogen-bond acceptors (Lipinski definition) is 2. The molecule has 0 aromatic heterocycles. The Balaban J connectivity index is 0.00000128. The smallest absolute Gasteiger partial charge is 0.226 e. The molecule has 1 aliphatic carbocycles. The van der Waals surface area contributed by atoms with E-state index in [2.05, 4.69) is 0 Å². The topological polar surface area (TPSA) is 46.3 Å². The summed E-state index contributed by atoms with van der Waals surface area (Å²) < 4.78 is 0. The minimum absolute atomic E-state index is 0. The van der Waals surface area contributed by atoms with E-state index in [1.54, 1.807) is 0 Å². The zero-order valence-electron chi connectivity index (χ0n) is 9.35. The van der Waals surface area contributed by atoms with Gasteiger partial charge in [0.05, 0.1) is 6.42 Å². The maximum absolute atomic E-state index is 11.8. The van der Waals surface area contributed by atoms with Crippen LogP contribution < -0.4 is 5.73 Å². The first-order valence-electron chi connectivity index (χ1n) is 5.27. The van der Waals surface area contributed by atoms with Crippen LogP contribution in [-0.4, -0.2) is 23.9 Å². The molecule has 88 valence electrons. The summed E-state index contributed by atoms with van der Waals surface area (Å²) in [6.45, 7) is 0. The van der Waals surface area contributed by atoms with Gasteiger partial charge < -0.3 is 10.6 Å². The molecule has 0 atom stereocenters. The molecule has 0 unspecified atom stereocenters. The van der Waals surface area contributed by atoms with Crippen LogP contribution in [0.2, 0.25) is 0 Å². The highest BCUT2D eigenvalue weighted by Gasteiger charge is 2.29. The number of anilines is 1. The van der Waals surface area contributed by atoms with Crippen LogP contribution in [0.5, 0.6) is 0 Å². The monoisotopic (exact) mass is 240 g/mol. The third-order valence-electron chi connectivity index (χ3n) is 2.82. The first-order valence-corrected chi connectivity index (χ1v) is 5.27. The predicted octanol–water partition coefficient (Wildman–Crippen LogP) is 1.85. The quantitative estimate of drug-likeness (QED) is 0.820. The van der Waals surface area contributed by atoms with Gasteiger partial charge >= 0.3 is 0 Å². The summed E-state index contributed by atoms with van der Waals surface area (Å²) in [5.74, 6) is 0.197. The number of rotatable bonds is 3. The average Bonchev–Trinajstić information content (AvgIpc) is 3.04. The van der Waals surface area contributed by atoms with E-state index in [-0.39, 0.29) is 18.3 Å². The molecular weight excluding hydrogens is 224 g/mol. The second-order valence-electron chi connectivity index (χ2n) is 4.15. The first kappa shape index (κ1) is 12.8. The summed E-state index contributed by atoms with van der Waals surface area (Å²) in [6, 6.07) is 7.98. The predicted molar refractivity (Wildman–Crippen MR) is 67.6 cm³/mol. The zero-order valence-corrected chi connectivity index (χ0v) is 10.2. The summed E-state index contributed by atoms with van der Waals surface area (Å²) in [6.07, 6.45) is 2.79. The highest BCUT2D eigenvalue weighted by molar-refractivity contribution is 5.85. The maximum atomic E-state index is 11.8. The number of amides is 1. The molecule has 0 aliphatic heterocycles. The number of nitrogen functional groups attached to an aromatic ring is 1. The number of nitrogens with zero attached hydrogens (tertiary/aromatic N) is 1. The Hall–Kier alpha value is -1.22. The Morgan fingerprint density at radius 1 is 1.38 bits per heavy atom. The van der Waals surface area contributed by atoms with Crippen LogP contribution in [0.25, 0.3) is 0 Å². The van der Waals surface area contributed by atoms with Crippen LogP contribution in [0, 0.1) is 0 Å². The van der Waals surface area contributed by atoms with Crippen molar-refractivity contribution in [1.82, 2.24) is 4.90 Å². The van der Waals surface area contributed by atoms with Crippen molar-refractivity contribution < 1.29 is 4.79 Å². The van der Waals surface area contributed by atoms with Crippen molar-refractivity contribution in [2.24, 2.45) is 0 Å². The second kappa shape index (κ2) is 5.21.